The molecular formula is C33H28N4O4. The summed E-state index contributed by atoms with van der Waals surface area (Å²) < 4.78 is 25.6. The van der Waals surface area contributed by atoms with Crippen molar-refractivity contribution in [2.24, 2.45) is 0 Å². The third kappa shape index (κ3) is 4.10. The van der Waals surface area contributed by atoms with Gasteiger partial charge in [-0.25, -0.2) is 14.5 Å². The van der Waals surface area contributed by atoms with Crippen LogP contribution in [0, 0.1) is 13.8 Å². The Hall–Kier alpha value is -5.11. The number of benzene rings is 4. The van der Waals surface area contributed by atoms with Crippen LogP contribution >= 0.6 is 0 Å². The smallest absolute Gasteiger partial charge is 0.228 e. The second-order valence-corrected chi connectivity index (χ2v) is 10.1. The molecule has 41 heavy (non-hydrogen) atoms. The molecule has 8 heteroatoms. The minimum absolute atomic E-state index is 0.226. The van der Waals surface area contributed by atoms with Gasteiger partial charge in [-0.05, 0) is 54.1 Å². The molecule has 3 heterocycles. The van der Waals surface area contributed by atoms with Crippen molar-refractivity contribution in [2.45, 2.75) is 26.4 Å². The van der Waals surface area contributed by atoms with Gasteiger partial charge in [0.25, 0.3) is 0 Å². The first-order valence-corrected chi connectivity index (χ1v) is 13.4. The Morgan fingerprint density at radius 2 is 1.73 bits per heavy atom. The molecule has 8 nitrogen and oxygen atoms in total. The standard InChI is InChI=1S/C33H28N4O4/c1-19-8-7-11-25(20(19)2)40-17-28-35-32-30-29(22-13-15-26(38-3)27(16-22)39-4)24-14-12-21-9-5-6-10-23(21)31(24)41-33(30)34-18-37(32)36-28/h5-16,18,29H,17H2,1-4H3/t29-/m0/s1. The summed E-state index contributed by atoms with van der Waals surface area (Å²) in [4.78, 5) is 9.64. The van der Waals surface area contributed by atoms with Crippen molar-refractivity contribution in [1.29, 1.82) is 0 Å². The summed E-state index contributed by atoms with van der Waals surface area (Å²) in [7, 11) is 3.27. The van der Waals surface area contributed by atoms with Gasteiger partial charge in [0, 0.05) is 16.9 Å². The normalized spacial score (nSPS) is 13.9. The first-order valence-electron chi connectivity index (χ1n) is 13.4. The van der Waals surface area contributed by atoms with Gasteiger partial charge in [0.05, 0.1) is 19.8 Å². The number of rotatable bonds is 6. The molecule has 0 bridgehead atoms. The van der Waals surface area contributed by atoms with E-state index >= 15 is 0 Å². The highest BCUT2D eigenvalue weighted by Crippen LogP contribution is 2.51. The van der Waals surface area contributed by atoms with Gasteiger partial charge in [-0.1, -0.05) is 54.6 Å². The Kier molecular flexibility index (Phi) is 5.96. The predicted octanol–water partition coefficient (Wildman–Crippen LogP) is 6.78. The third-order valence-electron chi connectivity index (χ3n) is 7.79. The van der Waals surface area contributed by atoms with Crippen LogP contribution in [0.15, 0.2) is 79.1 Å². The van der Waals surface area contributed by atoms with Crippen LogP contribution in [0.4, 0.5) is 0 Å². The van der Waals surface area contributed by atoms with E-state index in [-0.39, 0.29) is 12.5 Å². The van der Waals surface area contributed by atoms with E-state index in [4.69, 9.17) is 34.0 Å². The van der Waals surface area contributed by atoms with Gasteiger partial charge < -0.3 is 18.9 Å². The monoisotopic (exact) mass is 544 g/mol. The highest BCUT2D eigenvalue weighted by molar-refractivity contribution is 5.91. The van der Waals surface area contributed by atoms with Crippen molar-refractivity contribution in [3.05, 3.63) is 113 Å². The molecule has 2 aromatic heterocycles. The van der Waals surface area contributed by atoms with Crippen molar-refractivity contribution in [3.63, 3.8) is 0 Å². The third-order valence-corrected chi connectivity index (χ3v) is 7.79. The minimum Gasteiger partial charge on any atom is -0.493 e. The van der Waals surface area contributed by atoms with Gasteiger partial charge in [0.1, 0.15) is 24.4 Å². The van der Waals surface area contributed by atoms with Crippen molar-refractivity contribution in [3.8, 4) is 28.9 Å². The fourth-order valence-electron chi connectivity index (χ4n) is 5.55. The zero-order valence-electron chi connectivity index (χ0n) is 23.2. The molecule has 1 aliphatic rings. The van der Waals surface area contributed by atoms with Crippen molar-refractivity contribution in [2.75, 3.05) is 14.2 Å². The summed E-state index contributed by atoms with van der Waals surface area (Å²) >= 11 is 0. The number of hydrogen-bond donors (Lipinski definition) is 0. The van der Waals surface area contributed by atoms with Crippen LogP contribution in [0.5, 0.6) is 28.9 Å². The molecule has 0 spiro atoms. The largest absolute Gasteiger partial charge is 0.493 e. The Bertz CT molecular complexity index is 1950. The Labute approximate surface area is 237 Å². The lowest BCUT2D eigenvalue weighted by molar-refractivity contribution is 0.294. The quantitative estimate of drug-likeness (QED) is 0.228. The summed E-state index contributed by atoms with van der Waals surface area (Å²) in [6.45, 7) is 4.34. The number of aromatic nitrogens is 4. The number of hydrogen-bond acceptors (Lipinski definition) is 7. The molecule has 0 amide bonds. The van der Waals surface area contributed by atoms with Gasteiger partial charge in [-0.3, -0.25) is 0 Å². The van der Waals surface area contributed by atoms with Crippen LogP contribution in [0.25, 0.3) is 16.4 Å². The number of aryl methyl sites for hydroxylation is 1. The summed E-state index contributed by atoms with van der Waals surface area (Å²) in [5, 5.41) is 6.81. The molecule has 1 atom stereocenters. The molecule has 6 aromatic rings. The molecule has 0 unspecified atom stereocenters. The van der Waals surface area contributed by atoms with E-state index in [9.17, 15) is 0 Å². The van der Waals surface area contributed by atoms with Gasteiger partial charge in [-0.15, -0.1) is 5.10 Å². The van der Waals surface area contributed by atoms with Crippen LogP contribution in [-0.4, -0.2) is 33.8 Å². The second-order valence-electron chi connectivity index (χ2n) is 10.1. The zero-order valence-corrected chi connectivity index (χ0v) is 23.2. The molecule has 0 fully saturated rings. The van der Waals surface area contributed by atoms with Crippen molar-refractivity contribution >= 4 is 16.4 Å². The molecule has 0 N–H and O–H groups in total. The van der Waals surface area contributed by atoms with Gasteiger partial charge in [0.2, 0.25) is 5.88 Å². The predicted molar refractivity (Wildman–Crippen MR) is 156 cm³/mol. The van der Waals surface area contributed by atoms with Crippen LogP contribution < -0.4 is 18.9 Å². The fourth-order valence-corrected chi connectivity index (χ4v) is 5.55. The lowest BCUT2D eigenvalue weighted by atomic mass is 9.82. The van der Waals surface area contributed by atoms with Crippen LogP contribution in [0.2, 0.25) is 0 Å². The Balaban J connectivity index is 1.39. The number of methoxy groups -OCH3 is 2. The maximum atomic E-state index is 6.54. The molecule has 0 saturated heterocycles. The molecule has 0 radical (unpaired) electrons. The van der Waals surface area contributed by atoms with Crippen molar-refractivity contribution < 1.29 is 18.9 Å². The SMILES string of the molecule is COc1ccc([C@H]2c3ccc4ccccc4c3Oc3ncn4nc(COc5cccc(C)c5C)nc4c32)cc1OC. The van der Waals surface area contributed by atoms with E-state index in [1.54, 1.807) is 25.1 Å². The van der Waals surface area contributed by atoms with Crippen LogP contribution in [0.3, 0.4) is 0 Å². The molecule has 7 rings (SSSR count). The maximum Gasteiger partial charge on any atom is 0.228 e. The summed E-state index contributed by atoms with van der Waals surface area (Å²) in [5.41, 5.74) is 5.76. The Morgan fingerprint density at radius 3 is 2.59 bits per heavy atom. The topological polar surface area (TPSA) is 80.0 Å². The molecule has 0 saturated carbocycles. The van der Waals surface area contributed by atoms with Gasteiger partial charge >= 0.3 is 0 Å². The highest BCUT2D eigenvalue weighted by atomic mass is 16.5. The van der Waals surface area contributed by atoms with Gasteiger partial charge in [0.15, 0.2) is 23.0 Å². The molecule has 1 aliphatic heterocycles. The molecule has 0 aliphatic carbocycles. The van der Waals surface area contributed by atoms with Gasteiger partial charge in [-0.2, -0.15) is 0 Å². The van der Waals surface area contributed by atoms with Crippen LogP contribution in [-0.2, 0) is 6.61 Å². The average molecular weight is 545 g/mol. The summed E-state index contributed by atoms with van der Waals surface area (Å²) in [5.74, 6) is 3.70. The fraction of sp³-hybridized carbons (Fsp3) is 0.182. The lowest BCUT2D eigenvalue weighted by Gasteiger charge is -2.29. The number of nitrogens with zero attached hydrogens (tertiary/aromatic N) is 4. The van der Waals surface area contributed by atoms with E-state index in [1.165, 1.54) is 5.56 Å². The van der Waals surface area contributed by atoms with E-state index in [0.29, 0.717) is 28.9 Å². The van der Waals surface area contributed by atoms with E-state index < -0.39 is 0 Å². The average Bonchev–Trinajstić information content (AvgIpc) is 3.43. The minimum atomic E-state index is -0.244. The van der Waals surface area contributed by atoms with E-state index in [1.807, 2.05) is 49.4 Å². The second kappa shape index (κ2) is 9.82. The number of ether oxygens (including phenoxy) is 4. The Morgan fingerprint density at radius 1 is 0.878 bits per heavy atom. The first-order chi connectivity index (χ1) is 20.1. The summed E-state index contributed by atoms with van der Waals surface area (Å²) in [6.07, 6.45) is 1.64. The highest BCUT2D eigenvalue weighted by Gasteiger charge is 2.34. The van der Waals surface area contributed by atoms with Crippen molar-refractivity contribution in [1.82, 2.24) is 19.6 Å². The van der Waals surface area contributed by atoms with E-state index in [0.717, 1.165) is 44.5 Å². The lowest BCUT2D eigenvalue weighted by Crippen LogP contribution is -2.15. The molecular weight excluding hydrogens is 516 g/mol. The first kappa shape index (κ1) is 24.9. The van der Waals surface area contributed by atoms with Crippen LogP contribution in [0.1, 0.15) is 39.6 Å². The zero-order chi connectivity index (χ0) is 28.1. The molecule has 4 aromatic carbocycles. The number of fused-ring (bicyclic) bond motifs is 6. The van der Waals surface area contributed by atoms with E-state index in [2.05, 4.69) is 37.3 Å². The maximum absolute atomic E-state index is 6.54. The summed E-state index contributed by atoms with van der Waals surface area (Å²) in [6, 6.07) is 24.4. The molecule has 204 valence electrons.